The van der Waals surface area contributed by atoms with Crippen molar-refractivity contribution < 1.29 is 9.15 Å². The average molecular weight is 251 g/mol. The Bertz CT molecular complexity index is 616. The van der Waals surface area contributed by atoms with Crippen molar-refractivity contribution in [3.05, 3.63) is 72.8 Å². The number of benzene rings is 2. The first-order valence-electron chi connectivity index (χ1n) is 6.07. The summed E-state index contributed by atoms with van der Waals surface area (Å²) >= 11 is 0. The number of oxazole rings is 1. The van der Waals surface area contributed by atoms with Gasteiger partial charge in [-0.1, -0.05) is 30.3 Å². The standard InChI is InChI=1S/C16H13NO2/c1-2-4-13(5-3-1)11-18-15-8-6-14(7-9-15)16-10-17-12-19-16/h1-10,12H,11H2. The lowest BCUT2D eigenvalue weighted by atomic mass is 10.2. The molecule has 3 rings (SSSR count). The molecule has 3 heteroatoms. The quantitative estimate of drug-likeness (QED) is 0.705. The molecule has 0 amide bonds. The highest BCUT2D eigenvalue weighted by Gasteiger charge is 2.01. The van der Waals surface area contributed by atoms with Gasteiger partial charge in [0.05, 0.1) is 6.20 Å². The van der Waals surface area contributed by atoms with Gasteiger partial charge in [-0.3, -0.25) is 0 Å². The van der Waals surface area contributed by atoms with E-state index in [-0.39, 0.29) is 0 Å². The summed E-state index contributed by atoms with van der Waals surface area (Å²) in [4.78, 5) is 3.90. The highest BCUT2D eigenvalue weighted by Crippen LogP contribution is 2.22. The molecule has 2 aromatic carbocycles. The van der Waals surface area contributed by atoms with Crippen molar-refractivity contribution in [2.75, 3.05) is 0 Å². The highest BCUT2D eigenvalue weighted by atomic mass is 16.5. The molecule has 0 aliphatic carbocycles. The van der Waals surface area contributed by atoms with Crippen molar-refractivity contribution in [2.45, 2.75) is 6.61 Å². The van der Waals surface area contributed by atoms with E-state index in [1.54, 1.807) is 6.20 Å². The first-order valence-corrected chi connectivity index (χ1v) is 6.07. The molecule has 3 aromatic rings. The number of hydrogen-bond acceptors (Lipinski definition) is 3. The van der Waals surface area contributed by atoms with Gasteiger partial charge in [-0.05, 0) is 29.8 Å². The summed E-state index contributed by atoms with van der Waals surface area (Å²) in [7, 11) is 0. The van der Waals surface area contributed by atoms with E-state index in [4.69, 9.17) is 9.15 Å². The molecule has 0 unspecified atom stereocenters. The van der Waals surface area contributed by atoms with E-state index < -0.39 is 0 Å². The molecule has 0 aliphatic rings. The number of aromatic nitrogens is 1. The summed E-state index contributed by atoms with van der Waals surface area (Å²) in [6, 6.07) is 17.9. The maximum atomic E-state index is 5.72. The predicted molar refractivity (Wildman–Crippen MR) is 72.7 cm³/mol. The van der Waals surface area contributed by atoms with Gasteiger partial charge in [-0.2, -0.15) is 0 Å². The van der Waals surface area contributed by atoms with Crippen LogP contribution in [0.15, 0.2) is 71.6 Å². The van der Waals surface area contributed by atoms with Crippen molar-refractivity contribution in [3.8, 4) is 17.1 Å². The molecule has 1 heterocycles. The average Bonchev–Trinajstić information content (AvgIpc) is 3.01. The van der Waals surface area contributed by atoms with Crippen molar-refractivity contribution in [1.29, 1.82) is 0 Å². The molecule has 0 fully saturated rings. The Balaban J connectivity index is 1.67. The predicted octanol–water partition coefficient (Wildman–Crippen LogP) is 3.92. The third kappa shape index (κ3) is 2.83. The highest BCUT2D eigenvalue weighted by molar-refractivity contribution is 5.57. The third-order valence-electron chi connectivity index (χ3n) is 2.82. The molecule has 19 heavy (non-hydrogen) atoms. The van der Waals surface area contributed by atoms with Gasteiger partial charge in [-0.15, -0.1) is 0 Å². The number of hydrogen-bond donors (Lipinski definition) is 0. The van der Waals surface area contributed by atoms with E-state index in [0.717, 1.165) is 22.6 Å². The first-order chi connectivity index (χ1) is 9.42. The zero-order chi connectivity index (χ0) is 12.9. The van der Waals surface area contributed by atoms with Crippen LogP contribution in [0.2, 0.25) is 0 Å². The van der Waals surface area contributed by atoms with Gasteiger partial charge in [0.1, 0.15) is 12.4 Å². The van der Waals surface area contributed by atoms with Crippen molar-refractivity contribution in [1.82, 2.24) is 4.98 Å². The van der Waals surface area contributed by atoms with Gasteiger partial charge in [0, 0.05) is 5.56 Å². The molecular weight excluding hydrogens is 238 g/mol. The summed E-state index contributed by atoms with van der Waals surface area (Å²) < 4.78 is 11.0. The molecule has 0 spiro atoms. The number of ether oxygens (including phenoxy) is 1. The van der Waals surface area contributed by atoms with Crippen LogP contribution in [0.1, 0.15) is 5.56 Å². The Hall–Kier alpha value is -2.55. The fraction of sp³-hybridized carbons (Fsp3) is 0.0625. The molecule has 0 saturated carbocycles. The summed E-state index contributed by atoms with van der Waals surface area (Å²) in [5.41, 5.74) is 2.14. The van der Waals surface area contributed by atoms with Gasteiger partial charge in [0.2, 0.25) is 0 Å². The molecule has 0 radical (unpaired) electrons. The lowest BCUT2D eigenvalue weighted by molar-refractivity contribution is 0.306. The Morgan fingerprint density at radius 3 is 2.42 bits per heavy atom. The normalized spacial score (nSPS) is 10.3. The van der Waals surface area contributed by atoms with Crippen molar-refractivity contribution >= 4 is 0 Å². The van der Waals surface area contributed by atoms with Gasteiger partial charge in [0.25, 0.3) is 0 Å². The molecular formula is C16H13NO2. The Kier molecular flexibility index (Phi) is 3.28. The topological polar surface area (TPSA) is 35.3 Å². The number of rotatable bonds is 4. The molecule has 0 bridgehead atoms. The fourth-order valence-electron chi connectivity index (χ4n) is 1.81. The van der Waals surface area contributed by atoms with Gasteiger partial charge in [-0.25, -0.2) is 4.98 Å². The Labute approximate surface area is 111 Å². The lowest BCUT2D eigenvalue weighted by Crippen LogP contribution is -1.94. The van der Waals surface area contributed by atoms with E-state index in [0.29, 0.717) is 6.61 Å². The maximum absolute atomic E-state index is 5.72. The second-order valence-corrected chi connectivity index (χ2v) is 4.16. The third-order valence-corrected chi connectivity index (χ3v) is 2.82. The zero-order valence-corrected chi connectivity index (χ0v) is 10.3. The first kappa shape index (κ1) is 11.5. The second-order valence-electron chi connectivity index (χ2n) is 4.16. The van der Waals surface area contributed by atoms with Crippen LogP contribution < -0.4 is 4.74 Å². The summed E-state index contributed by atoms with van der Waals surface area (Å²) in [6.07, 6.45) is 3.12. The molecule has 1 aromatic heterocycles. The van der Waals surface area contributed by atoms with Gasteiger partial charge in [0.15, 0.2) is 12.2 Å². The van der Waals surface area contributed by atoms with E-state index in [1.165, 1.54) is 6.39 Å². The van der Waals surface area contributed by atoms with Gasteiger partial charge < -0.3 is 9.15 Å². The van der Waals surface area contributed by atoms with Crippen molar-refractivity contribution in [2.24, 2.45) is 0 Å². The Morgan fingerprint density at radius 2 is 1.74 bits per heavy atom. The van der Waals surface area contributed by atoms with Crippen LogP contribution in [0.5, 0.6) is 5.75 Å². The molecule has 0 atom stereocenters. The summed E-state index contributed by atoms with van der Waals surface area (Å²) in [5.74, 6) is 1.60. The van der Waals surface area contributed by atoms with Crippen LogP contribution in [-0.2, 0) is 6.61 Å². The second kappa shape index (κ2) is 5.40. The minimum absolute atomic E-state index is 0.572. The van der Waals surface area contributed by atoms with Crippen LogP contribution >= 0.6 is 0 Å². The van der Waals surface area contributed by atoms with Gasteiger partial charge >= 0.3 is 0 Å². The minimum Gasteiger partial charge on any atom is -0.489 e. The van der Waals surface area contributed by atoms with Crippen LogP contribution in [0.3, 0.4) is 0 Å². The molecule has 94 valence electrons. The van der Waals surface area contributed by atoms with E-state index >= 15 is 0 Å². The zero-order valence-electron chi connectivity index (χ0n) is 10.3. The molecule has 3 nitrogen and oxygen atoms in total. The van der Waals surface area contributed by atoms with Crippen LogP contribution in [0.25, 0.3) is 11.3 Å². The summed E-state index contributed by atoms with van der Waals surface area (Å²) in [5, 5.41) is 0. The fourth-order valence-corrected chi connectivity index (χ4v) is 1.81. The SMILES string of the molecule is c1ccc(COc2ccc(-c3cnco3)cc2)cc1. The van der Waals surface area contributed by atoms with E-state index in [9.17, 15) is 0 Å². The summed E-state index contributed by atoms with van der Waals surface area (Å²) in [6.45, 7) is 0.572. The lowest BCUT2D eigenvalue weighted by Gasteiger charge is -2.06. The van der Waals surface area contributed by atoms with Crippen molar-refractivity contribution in [3.63, 3.8) is 0 Å². The largest absolute Gasteiger partial charge is 0.489 e. The van der Waals surface area contributed by atoms with E-state index in [2.05, 4.69) is 4.98 Å². The van der Waals surface area contributed by atoms with Crippen LogP contribution in [0.4, 0.5) is 0 Å². The maximum Gasteiger partial charge on any atom is 0.181 e. The monoisotopic (exact) mass is 251 g/mol. The van der Waals surface area contributed by atoms with E-state index in [1.807, 2.05) is 54.6 Å². The number of nitrogens with zero attached hydrogens (tertiary/aromatic N) is 1. The molecule has 0 N–H and O–H groups in total. The molecule has 0 aliphatic heterocycles. The smallest absolute Gasteiger partial charge is 0.181 e. The molecule has 0 saturated heterocycles. The Morgan fingerprint density at radius 1 is 0.947 bits per heavy atom. The minimum atomic E-state index is 0.572. The van der Waals surface area contributed by atoms with Crippen LogP contribution in [-0.4, -0.2) is 4.98 Å². The van der Waals surface area contributed by atoms with Crippen LogP contribution in [0, 0.1) is 0 Å².